The van der Waals surface area contributed by atoms with Gasteiger partial charge in [0.2, 0.25) is 0 Å². The van der Waals surface area contributed by atoms with E-state index in [9.17, 15) is 8.78 Å². The third-order valence-corrected chi connectivity index (χ3v) is 3.94. The van der Waals surface area contributed by atoms with Crippen molar-refractivity contribution in [3.05, 3.63) is 52.0 Å². The standard InChI is InChI=1S/C15H17Cl2F2N5/c1-9(11-4-3-10(16)7-12(11)17)23-15(20-2)22-8-13-21-5-6-24(13)14(18)19/h3-7,9,14H,8H2,1-2H3,(H2,20,22,23). The number of hydrogen-bond acceptors (Lipinski definition) is 2. The molecular formula is C15H17Cl2F2N5. The van der Waals surface area contributed by atoms with Gasteiger partial charge in [-0.15, -0.1) is 0 Å². The van der Waals surface area contributed by atoms with Gasteiger partial charge in [0.15, 0.2) is 5.96 Å². The number of nitrogens with one attached hydrogen (secondary N) is 2. The molecule has 24 heavy (non-hydrogen) atoms. The first-order valence-corrected chi connectivity index (χ1v) is 7.90. The van der Waals surface area contributed by atoms with Crippen molar-refractivity contribution in [2.24, 2.45) is 4.99 Å². The van der Waals surface area contributed by atoms with Gasteiger partial charge in [-0.1, -0.05) is 29.3 Å². The fourth-order valence-corrected chi connectivity index (χ4v) is 2.72. The molecule has 0 saturated heterocycles. The van der Waals surface area contributed by atoms with Crippen molar-refractivity contribution in [1.82, 2.24) is 20.2 Å². The maximum Gasteiger partial charge on any atom is 0.319 e. The van der Waals surface area contributed by atoms with E-state index in [1.54, 1.807) is 19.2 Å². The van der Waals surface area contributed by atoms with E-state index in [2.05, 4.69) is 20.6 Å². The van der Waals surface area contributed by atoms with Gasteiger partial charge in [0, 0.05) is 29.5 Å². The molecule has 0 aliphatic heterocycles. The summed E-state index contributed by atoms with van der Waals surface area (Å²) < 4.78 is 26.4. The fourth-order valence-electron chi connectivity index (χ4n) is 2.15. The second kappa shape index (κ2) is 8.30. The molecule has 9 heteroatoms. The van der Waals surface area contributed by atoms with Gasteiger partial charge in [0.25, 0.3) is 0 Å². The van der Waals surface area contributed by atoms with E-state index in [1.807, 2.05) is 13.0 Å². The lowest BCUT2D eigenvalue weighted by molar-refractivity contribution is 0.0668. The molecule has 0 bridgehead atoms. The highest BCUT2D eigenvalue weighted by Crippen LogP contribution is 2.26. The van der Waals surface area contributed by atoms with Gasteiger partial charge in [0.05, 0.1) is 12.6 Å². The minimum absolute atomic E-state index is 0.109. The van der Waals surface area contributed by atoms with Crippen LogP contribution in [-0.4, -0.2) is 22.6 Å². The highest BCUT2D eigenvalue weighted by Gasteiger charge is 2.14. The third-order valence-electron chi connectivity index (χ3n) is 3.38. The summed E-state index contributed by atoms with van der Waals surface area (Å²) in [7, 11) is 1.59. The van der Waals surface area contributed by atoms with Crippen LogP contribution in [0.25, 0.3) is 0 Å². The van der Waals surface area contributed by atoms with E-state index < -0.39 is 6.55 Å². The van der Waals surface area contributed by atoms with Gasteiger partial charge in [-0.3, -0.25) is 9.56 Å². The van der Waals surface area contributed by atoms with E-state index in [4.69, 9.17) is 23.2 Å². The molecule has 1 aromatic carbocycles. The molecule has 0 amide bonds. The number of aliphatic imine (C=N–C) groups is 1. The summed E-state index contributed by atoms with van der Waals surface area (Å²) in [6.07, 6.45) is 2.56. The number of aromatic nitrogens is 2. The molecule has 2 N–H and O–H groups in total. The average Bonchev–Trinajstić information content (AvgIpc) is 2.99. The van der Waals surface area contributed by atoms with Crippen molar-refractivity contribution in [2.45, 2.75) is 26.1 Å². The van der Waals surface area contributed by atoms with Crippen LogP contribution in [0.15, 0.2) is 35.6 Å². The highest BCUT2D eigenvalue weighted by molar-refractivity contribution is 6.35. The number of rotatable bonds is 5. The van der Waals surface area contributed by atoms with E-state index in [-0.39, 0.29) is 18.4 Å². The molecule has 1 heterocycles. The molecule has 2 aromatic rings. The quantitative estimate of drug-likeness (QED) is 0.613. The van der Waals surface area contributed by atoms with Crippen molar-refractivity contribution < 1.29 is 8.78 Å². The Hall–Kier alpha value is -1.86. The van der Waals surface area contributed by atoms with Gasteiger partial charge < -0.3 is 10.6 Å². The molecule has 0 saturated carbocycles. The van der Waals surface area contributed by atoms with Gasteiger partial charge in [-0.25, -0.2) is 4.98 Å². The Balaban J connectivity index is 2.00. The molecule has 5 nitrogen and oxygen atoms in total. The summed E-state index contributed by atoms with van der Waals surface area (Å²) in [5, 5.41) is 7.18. The molecule has 0 aliphatic carbocycles. The topological polar surface area (TPSA) is 54.2 Å². The molecule has 1 atom stereocenters. The Kier molecular flexibility index (Phi) is 6.39. The second-order valence-corrected chi connectivity index (χ2v) is 5.83. The maximum atomic E-state index is 12.8. The fraction of sp³-hybridized carbons (Fsp3) is 0.333. The summed E-state index contributed by atoms with van der Waals surface area (Å²) in [5.41, 5.74) is 0.845. The van der Waals surface area contributed by atoms with Crippen LogP contribution >= 0.6 is 23.2 Å². The number of alkyl halides is 2. The second-order valence-electron chi connectivity index (χ2n) is 4.99. The van der Waals surface area contributed by atoms with Gasteiger partial charge in [0.1, 0.15) is 5.82 Å². The third kappa shape index (κ3) is 4.58. The van der Waals surface area contributed by atoms with Crippen LogP contribution < -0.4 is 10.6 Å². The summed E-state index contributed by atoms with van der Waals surface area (Å²) in [6, 6.07) is 5.07. The van der Waals surface area contributed by atoms with Crippen molar-refractivity contribution in [3.8, 4) is 0 Å². The van der Waals surface area contributed by atoms with Gasteiger partial charge >= 0.3 is 6.55 Å². The highest BCUT2D eigenvalue weighted by atomic mass is 35.5. The van der Waals surface area contributed by atoms with Crippen LogP contribution in [0.5, 0.6) is 0 Å². The smallest absolute Gasteiger partial charge is 0.319 e. The molecule has 2 rings (SSSR count). The number of guanidine groups is 1. The summed E-state index contributed by atoms with van der Waals surface area (Å²) in [4.78, 5) is 7.98. The van der Waals surface area contributed by atoms with Crippen LogP contribution in [0, 0.1) is 0 Å². The lowest BCUT2D eigenvalue weighted by Crippen LogP contribution is -2.38. The zero-order valence-electron chi connectivity index (χ0n) is 13.1. The summed E-state index contributed by atoms with van der Waals surface area (Å²) >= 11 is 12.1. The number of nitrogens with zero attached hydrogens (tertiary/aromatic N) is 3. The predicted octanol–water partition coefficient (Wildman–Crippen LogP) is 4.01. The molecular weight excluding hydrogens is 359 g/mol. The van der Waals surface area contributed by atoms with Gasteiger partial charge in [-0.2, -0.15) is 8.78 Å². The molecule has 0 fully saturated rings. The molecule has 0 radical (unpaired) electrons. The molecule has 0 aliphatic rings. The SMILES string of the molecule is CN=C(NCc1nccn1C(F)F)NC(C)c1ccc(Cl)cc1Cl. The summed E-state index contributed by atoms with van der Waals surface area (Å²) in [6.45, 7) is -0.619. The van der Waals surface area contributed by atoms with Crippen LogP contribution in [0.4, 0.5) is 8.78 Å². The maximum absolute atomic E-state index is 12.8. The minimum atomic E-state index is -2.63. The Labute approximate surface area is 148 Å². The van der Waals surface area contributed by atoms with Crippen LogP contribution in [-0.2, 0) is 6.54 Å². The number of hydrogen-bond donors (Lipinski definition) is 2. The van der Waals surface area contributed by atoms with E-state index in [0.717, 1.165) is 10.1 Å². The van der Waals surface area contributed by atoms with E-state index in [1.165, 1.54) is 12.4 Å². The van der Waals surface area contributed by atoms with Crippen LogP contribution in [0.2, 0.25) is 10.0 Å². The first kappa shape index (κ1) is 18.5. The Morgan fingerprint density at radius 2 is 2.12 bits per heavy atom. The summed E-state index contributed by atoms with van der Waals surface area (Å²) in [5.74, 6) is 0.655. The monoisotopic (exact) mass is 375 g/mol. The predicted molar refractivity (Wildman–Crippen MR) is 91.7 cm³/mol. The Morgan fingerprint density at radius 3 is 2.75 bits per heavy atom. The van der Waals surface area contributed by atoms with Crippen molar-refractivity contribution >= 4 is 29.2 Å². The van der Waals surface area contributed by atoms with Crippen LogP contribution in [0.1, 0.15) is 30.9 Å². The van der Waals surface area contributed by atoms with Crippen LogP contribution in [0.3, 0.4) is 0 Å². The number of imidazole rings is 1. The zero-order valence-corrected chi connectivity index (χ0v) is 14.6. The lowest BCUT2D eigenvalue weighted by Gasteiger charge is -2.19. The van der Waals surface area contributed by atoms with Crippen molar-refractivity contribution in [1.29, 1.82) is 0 Å². The normalized spacial score (nSPS) is 13.2. The Morgan fingerprint density at radius 1 is 1.38 bits per heavy atom. The number of halogens is 4. The van der Waals surface area contributed by atoms with E-state index >= 15 is 0 Å². The molecule has 1 unspecified atom stereocenters. The van der Waals surface area contributed by atoms with E-state index in [0.29, 0.717) is 16.0 Å². The molecule has 130 valence electrons. The lowest BCUT2D eigenvalue weighted by atomic mass is 10.1. The zero-order chi connectivity index (χ0) is 17.7. The van der Waals surface area contributed by atoms with Gasteiger partial charge in [-0.05, 0) is 24.6 Å². The Bertz CT molecular complexity index is 718. The molecule has 0 spiro atoms. The molecule has 1 aromatic heterocycles. The van der Waals surface area contributed by atoms with Crippen molar-refractivity contribution in [3.63, 3.8) is 0 Å². The first-order valence-electron chi connectivity index (χ1n) is 7.14. The van der Waals surface area contributed by atoms with Crippen molar-refractivity contribution in [2.75, 3.05) is 7.05 Å². The minimum Gasteiger partial charge on any atom is -0.350 e. The largest absolute Gasteiger partial charge is 0.350 e. The average molecular weight is 376 g/mol. The number of benzene rings is 1. The first-order chi connectivity index (χ1) is 11.4.